The first-order valence-electron chi connectivity index (χ1n) is 18.4. The van der Waals surface area contributed by atoms with Crippen LogP contribution < -0.4 is 0 Å². The summed E-state index contributed by atoms with van der Waals surface area (Å²) in [4.78, 5) is 25.0. The van der Waals surface area contributed by atoms with Crippen LogP contribution in [0.5, 0.6) is 0 Å². The third kappa shape index (κ3) is 20.8. The van der Waals surface area contributed by atoms with Gasteiger partial charge in [-0.25, -0.2) is 0 Å². The molecule has 1 aliphatic heterocycles. The Hall–Kier alpha value is -1.30. The number of esters is 2. The van der Waals surface area contributed by atoms with Gasteiger partial charge in [0.1, 0.15) is 31.0 Å². The fourth-order valence-corrected chi connectivity index (χ4v) is 5.64. The van der Waals surface area contributed by atoms with Crippen LogP contribution in [-0.2, 0) is 28.5 Å². The van der Waals surface area contributed by atoms with Gasteiger partial charge >= 0.3 is 11.9 Å². The first-order chi connectivity index (χ1) is 22.3. The Morgan fingerprint density at radius 1 is 0.652 bits per heavy atom. The van der Waals surface area contributed by atoms with Gasteiger partial charge in [-0.2, -0.15) is 6.42 Å². The molecule has 0 amide bonds. The minimum Gasteiger partial charge on any atom is -0.462 e. The Morgan fingerprint density at radius 2 is 1.13 bits per heavy atom. The number of ether oxygens (including phenoxy) is 4. The van der Waals surface area contributed by atoms with Gasteiger partial charge in [-0.05, 0) is 12.8 Å². The van der Waals surface area contributed by atoms with Crippen LogP contribution in [0.3, 0.4) is 0 Å². The maximum atomic E-state index is 12.6. The minimum absolute atomic E-state index is 0.216. The van der Waals surface area contributed by atoms with E-state index in [0.717, 1.165) is 51.4 Å². The third-order valence-corrected chi connectivity index (χ3v) is 8.64. The zero-order valence-corrected chi connectivity index (χ0v) is 28.8. The van der Waals surface area contributed by atoms with E-state index in [1.165, 1.54) is 77.0 Å². The second-order valence-electron chi connectivity index (χ2n) is 12.9. The van der Waals surface area contributed by atoms with Gasteiger partial charge in [-0.1, -0.05) is 122 Å². The lowest BCUT2D eigenvalue weighted by atomic mass is 9.99. The smallest absolute Gasteiger partial charge is 0.306 e. The monoisotopic (exact) mass is 659 g/mol. The molecule has 1 rings (SSSR count). The normalized spacial score (nSPS) is 22.1. The van der Waals surface area contributed by atoms with Gasteiger partial charge in [0.05, 0.1) is 13.2 Å². The summed E-state index contributed by atoms with van der Waals surface area (Å²) in [5.74, 6) is -0.817. The van der Waals surface area contributed by atoms with Crippen molar-refractivity contribution in [2.24, 2.45) is 0 Å². The highest BCUT2D eigenvalue weighted by Crippen LogP contribution is 2.22. The van der Waals surface area contributed by atoms with Crippen molar-refractivity contribution in [2.45, 2.75) is 191 Å². The molecule has 46 heavy (non-hydrogen) atoms. The van der Waals surface area contributed by atoms with Gasteiger partial charge in [0, 0.05) is 12.8 Å². The summed E-state index contributed by atoms with van der Waals surface area (Å²) >= 11 is 0. The van der Waals surface area contributed by atoms with Gasteiger partial charge in [0.25, 0.3) is 0 Å². The number of hydrogen-bond acceptors (Lipinski definition) is 10. The minimum atomic E-state index is -1.59. The van der Waals surface area contributed by atoms with E-state index in [-0.39, 0.29) is 32.0 Å². The summed E-state index contributed by atoms with van der Waals surface area (Å²) in [5, 5.41) is 39.8. The number of aliphatic hydroxyl groups is 4. The van der Waals surface area contributed by atoms with E-state index in [1.807, 2.05) is 0 Å². The van der Waals surface area contributed by atoms with E-state index in [2.05, 4.69) is 13.8 Å². The number of carbonyl (C=O) groups is 2. The van der Waals surface area contributed by atoms with Crippen molar-refractivity contribution in [1.29, 1.82) is 0 Å². The molecular weight excluding hydrogens is 592 g/mol. The van der Waals surface area contributed by atoms with E-state index in [0.29, 0.717) is 6.42 Å². The molecule has 0 spiro atoms. The van der Waals surface area contributed by atoms with Crippen LogP contribution in [0.4, 0.5) is 0 Å². The average Bonchev–Trinajstić information content (AvgIpc) is 3.05. The summed E-state index contributed by atoms with van der Waals surface area (Å²) in [6.45, 7) is 5.02. The molecule has 0 aromatic heterocycles. The Kier molecular flexibility index (Phi) is 26.6. The Bertz CT molecular complexity index is 734. The van der Waals surface area contributed by atoms with Gasteiger partial charge in [0.15, 0.2) is 12.4 Å². The number of carbonyl (C=O) groups excluding carboxylic acids is 2. The standard InChI is InChI=1S/C36H67O10/c1-3-5-7-9-11-13-14-15-16-17-19-20-22-24-31(38)43-27-29(45-32(39)25-23-21-18-12-10-8-6-4-2)28-44-36-35(42)34(41)33(40)30(26-37)46-36/h29-30,33-37,40-42H,2-28H2,1H3/q-1/t29-,30-,33+,34+,35-,36-/m1/s1. The molecule has 0 saturated carbocycles. The molecule has 0 aromatic carbocycles. The second kappa shape index (κ2) is 28.7. The van der Waals surface area contributed by atoms with Crippen LogP contribution in [0, 0.1) is 6.92 Å². The highest BCUT2D eigenvalue weighted by molar-refractivity contribution is 5.70. The quantitative estimate of drug-likeness (QED) is 0.0405. The lowest BCUT2D eigenvalue weighted by molar-refractivity contribution is -0.305. The number of aliphatic hydroxyl groups excluding tert-OH is 4. The number of unbranched alkanes of at least 4 members (excludes halogenated alkanes) is 19. The molecule has 0 aliphatic carbocycles. The molecule has 272 valence electrons. The third-order valence-electron chi connectivity index (χ3n) is 8.64. The fraction of sp³-hybridized carbons (Fsp3) is 0.917. The molecular formula is C36H67O10-. The van der Waals surface area contributed by atoms with E-state index < -0.39 is 49.4 Å². The SMILES string of the molecule is [CH2-]CCCCCCCCCC(=O)O[C@H](COC(=O)CCCCCCCCCCCCCCC)CO[C@@H]1O[C@H](CO)[C@H](O)[C@H](O)[C@H]1O. The van der Waals surface area contributed by atoms with Crippen molar-refractivity contribution in [3.63, 3.8) is 0 Å². The lowest BCUT2D eigenvalue weighted by Gasteiger charge is -2.39. The predicted octanol–water partition coefficient (Wildman–Crippen LogP) is 6.08. The van der Waals surface area contributed by atoms with E-state index >= 15 is 0 Å². The maximum absolute atomic E-state index is 12.6. The van der Waals surface area contributed by atoms with Gasteiger partial charge < -0.3 is 46.3 Å². The molecule has 1 heterocycles. The zero-order valence-electron chi connectivity index (χ0n) is 28.8. The first kappa shape index (κ1) is 42.7. The van der Waals surface area contributed by atoms with E-state index in [9.17, 15) is 30.0 Å². The fourth-order valence-electron chi connectivity index (χ4n) is 5.64. The highest BCUT2D eigenvalue weighted by atomic mass is 16.7. The molecule has 10 heteroatoms. The van der Waals surface area contributed by atoms with Gasteiger partial charge in [-0.3, -0.25) is 9.59 Å². The van der Waals surface area contributed by atoms with Gasteiger partial charge in [0.2, 0.25) is 0 Å². The number of hydrogen-bond donors (Lipinski definition) is 4. The largest absolute Gasteiger partial charge is 0.462 e. The van der Waals surface area contributed by atoms with Crippen LogP contribution in [0.25, 0.3) is 0 Å². The van der Waals surface area contributed by atoms with Crippen molar-refractivity contribution in [2.75, 3.05) is 19.8 Å². The van der Waals surface area contributed by atoms with Gasteiger partial charge in [-0.15, -0.1) is 0 Å². The van der Waals surface area contributed by atoms with Crippen molar-refractivity contribution in [3.05, 3.63) is 6.92 Å². The summed E-state index contributed by atoms with van der Waals surface area (Å²) < 4.78 is 22.0. The summed E-state index contributed by atoms with van der Waals surface area (Å²) in [6, 6.07) is 0. The Balaban J connectivity index is 2.38. The second-order valence-corrected chi connectivity index (χ2v) is 12.9. The molecule has 1 aliphatic rings. The molecule has 0 aromatic rings. The van der Waals surface area contributed by atoms with Crippen molar-refractivity contribution in [3.8, 4) is 0 Å². The maximum Gasteiger partial charge on any atom is 0.306 e. The Morgan fingerprint density at radius 3 is 1.63 bits per heavy atom. The van der Waals surface area contributed by atoms with Crippen LogP contribution >= 0.6 is 0 Å². The molecule has 0 bridgehead atoms. The van der Waals surface area contributed by atoms with Crippen LogP contribution in [0.15, 0.2) is 0 Å². The molecule has 1 fully saturated rings. The van der Waals surface area contributed by atoms with Crippen LogP contribution in [0.1, 0.15) is 155 Å². The average molecular weight is 660 g/mol. The molecule has 4 N–H and O–H groups in total. The van der Waals surface area contributed by atoms with E-state index in [4.69, 9.17) is 18.9 Å². The summed E-state index contributed by atoms with van der Waals surface area (Å²) in [5.41, 5.74) is 0. The van der Waals surface area contributed by atoms with Crippen molar-refractivity contribution >= 4 is 11.9 Å². The zero-order chi connectivity index (χ0) is 33.8. The van der Waals surface area contributed by atoms with Crippen LogP contribution in [-0.4, -0.2) is 89.0 Å². The van der Waals surface area contributed by atoms with E-state index in [1.54, 1.807) is 0 Å². The van der Waals surface area contributed by atoms with Crippen molar-refractivity contribution < 1.29 is 49.0 Å². The van der Waals surface area contributed by atoms with Crippen molar-refractivity contribution in [1.82, 2.24) is 0 Å². The molecule has 0 unspecified atom stereocenters. The highest BCUT2D eigenvalue weighted by Gasteiger charge is 2.44. The predicted molar refractivity (Wildman–Crippen MR) is 178 cm³/mol. The molecule has 10 nitrogen and oxygen atoms in total. The number of rotatable bonds is 30. The topological polar surface area (TPSA) is 152 Å². The van der Waals surface area contributed by atoms with Crippen LogP contribution in [0.2, 0.25) is 0 Å². The first-order valence-corrected chi connectivity index (χ1v) is 18.4. The lowest BCUT2D eigenvalue weighted by Crippen LogP contribution is -2.59. The Labute approximate surface area is 278 Å². The molecule has 1 saturated heterocycles. The molecule has 6 atom stereocenters. The molecule has 0 radical (unpaired) electrons. The summed E-state index contributed by atoms with van der Waals surface area (Å²) in [7, 11) is 0. The summed E-state index contributed by atoms with van der Waals surface area (Å²) in [6.07, 6.45) is 16.4.